The van der Waals surface area contributed by atoms with E-state index in [9.17, 15) is 4.79 Å². The molecule has 1 saturated heterocycles. The predicted octanol–water partition coefficient (Wildman–Crippen LogP) is 1.91. The van der Waals surface area contributed by atoms with Crippen molar-refractivity contribution in [3.63, 3.8) is 0 Å². The Morgan fingerprint density at radius 2 is 2.00 bits per heavy atom. The van der Waals surface area contributed by atoms with E-state index in [1.807, 2.05) is 4.90 Å². The largest absolute Gasteiger partial charge is 0.396 e. The van der Waals surface area contributed by atoms with Gasteiger partial charge in [0.15, 0.2) is 0 Å². The van der Waals surface area contributed by atoms with Crippen LogP contribution in [0.1, 0.15) is 30.4 Å². The molecule has 1 unspecified atom stereocenters. The van der Waals surface area contributed by atoms with Gasteiger partial charge in [-0.25, -0.2) is 0 Å². The lowest BCUT2D eigenvalue weighted by Gasteiger charge is -2.21. The zero-order valence-electron chi connectivity index (χ0n) is 10.6. The van der Waals surface area contributed by atoms with Crippen LogP contribution in [-0.4, -0.2) is 24.2 Å². The third kappa shape index (κ3) is 2.03. The number of hydrogen-bond donors (Lipinski definition) is 1. The second-order valence-electron chi connectivity index (χ2n) is 5.42. The Balaban J connectivity index is 1.86. The van der Waals surface area contributed by atoms with E-state index in [0.717, 1.165) is 12.1 Å². The molecule has 1 fully saturated rings. The number of aliphatic hydroxyl groups excluding tert-OH is 1. The summed E-state index contributed by atoms with van der Waals surface area (Å²) in [5.41, 5.74) is 3.85. The average Bonchev–Trinajstić information content (AvgIpc) is 2.79. The van der Waals surface area contributed by atoms with Crippen molar-refractivity contribution in [2.75, 3.05) is 18.1 Å². The molecule has 96 valence electrons. The Morgan fingerprint density at radius 1 is 1.22 bits per heavy atom. The van der Waals surface area contributed by atoms with Crippen LogP contribution >= 0.6 is 0 Å². The van der Waals surface area contributed by atoms with E-state index >= 15 is 0 Å². The van der Waals surface area contributed by atoms with Gasteiger partial charge in [0.25, 0.3) is 0 Å². The van der Waals surface area contributed by atoms with Crippen LogP contribution in [-0.2, 0) is 17.6 Å². The molecule has 3 rings (SSSR count). The third-order valence-electron chi connectivity index (χ3n) is 4.11. The lowest BCUT2D eigenvalue weighted by Crippen LogP contribution is -2.25. The van der Waals surface area contributed by atoms with E-state index in [0.29, 0.717) is 13.0 Å². The van der Waals surface area contributed by atoms with Gasteiger partial charge in [-0.3, -0.25) is 4.79 Å². The number of carbonyl (C=O) groups excluding carboxylic acids is 1. The first-order chi connectivity index (χ1) is 8.78. The van der Waals surface area contributed by atoms with Crippen molar-refractivity contribution < 1.29 is 9.90 Å². The van der Waals surface area contributed by atoms with Gasteiger partial charge in [0, 0.05) is 31.2 Å². The summed E-state index contributed by atoms with van der Waals surface area (Å²) in [6.45, 7) is 0.765. The molecule has 0 radical (unpaired) electrons. The summed E-state index contributed by atoms with van der Waals surface area (Å²) < 4.78 is 0. The Bertz CT molecular complexity index is 470. The standard InChI is InChI=1S/C15H19NO2/c17-10-11-7-15(18)16(9-11)14-6-5-12-3-1-2-4-13(12)8-14/h5-6,8,11,17H,1-4,7,9-10H2. The number of amides is 1. The summed E-state index contributed by atoms with van der Waals surface area (Å²) in [4.78, 5) is 13.8. The molecule has 0 saturated carbocycles. The average molecular weight is 245 g/mol. The fourth-order valence-electron chi connectivity index (χ4n) is 3.04. The predicted molar refractivity (Wildman–Crippen MR) is 70.6 cm³/mol. The number of benzene rings is 1. The summed E-state index contributed by atoms with van der Waals surface area (Å²) in [5.74, 6) is 0.248. The summed E-state index contributed by atoms with van der Waals surface area (Å²) in [6.07, 6.45) is 5.32. The lowest BCUT2D eigenvalue weighted by atomic mass is 9.91. The summed E-state index contributed by atoms with van der Waals surface area (Å²) in [7, 11) is 0. The highest BCUT2D eigenvalue weighted by molar-refractivity contribution is 5.95. The number of anilines is 1. The van der Waals surface area contributed by atoms with E-state index in [2.05, 4.69) is 18.2 Å². The van der Waals surface area contributed by atoms with Gasteiger partial charge in [-0.2, -0.15) is 0 Å². The number of aliphatic hydroxyl groups is 1. The van der Waals surface area contributed by atoms with Gasteiger partial charge in [-0.1, -0.05) is 6.07 Å². The van der Waals surface area contributed by atoms with E-state index in [1.54, 1.807) is 0 Å². The SMILES string of the molecule is O=C1CC(CO)CN1c1ccc2c(c1)CCCC2. The van der Waals surface area contributed by atoms with Gasteiger partial charge < -0.3 is 10.0 Å². The Kier molecular flexibility index (Phi) is 3.08. The van der Waals surface area contributed by atoms with Crippen LogP contribution in [0, 0.1) is 5.92 Å². The Morgan fingerprint density at radius 3 is 2.72 bits per heavy atom. The molecule has 1 aromatic rings. The van der Waals surface area contributed by atoms with Crippen LogP contribution < -0.4 is 4.90 Å². The lowest BCUT2D eigenvalue weighted by molar-refractivity contribution is -0.117. The summed E-state index contributed by atoms with van der Waals surface area (Å²) in [6, 6.07) is 6.40. The number of rotatable bonds is 2. The van der Waals surface area contributed by atoms with Crippen LogP contribution in [0.4, 0.5) is 5.69 Å². The maximum absolute atomic E-state index is 11.9. The second kappa shape index (κ2) is 4.73. The monoisotopic (exact) mass is 245 g/mol. The minimum absolute atomic E-state index is 0.104. The number of hydrogen-bond acceptors (Lipinski definition) is 2. The van der Waals surface area contributed by atoms with Crippen molar-refractivity contribution >= 4 is 11.6 Å². The molecule has 1 aromatic carbocycles. The molecule has 1 aliphatic carbocycles. The van der Waals surface area contributed by atoms with Crippen molar-refractivity contribution in [3.8, 4) is 0 Å². The molecule has 1 amide bonds. The first-order valence-electron chi connectivity index (χ1n) is 6.81. The normalized spacial score (nSPS) is 23.3. The zero-order chi connectivity index (χ0) is 12.5. The van der Waals surface area contributed by atoms with Gasteiger partial charge in [0.05, 0.1) is 0 Å². The van der Waals surface area contributed by atoms with Crippen LogP contribution in [0.25, 0.3) is 0 Å². The molecule has 2 aliphatic rings. The number of nitrogens with zero attached hydrogens (tertiary/aromatic N) is 1. The highest BCUT2D eigenvalue weighted by Gasteiger charge is 2.30. The van der Waals surface area contributed by atoms with Crippen molar-refractivity contribution in [1.29, 1.82) is 0 Å². The van der Waals surface area contributed by atoms with Crippen molar-refractivity contribution in [2.45, 2.75) is 32.1 Å². The number of fused-ring (bicyclic) bond motifs is 1. The fourth-order valence-corrected chi connectivity index (χ4v) is 3.04. The Hall–Kier alpha value is -1.35. The minimum atomic E-state index is 0.104. The first kappa shape index (κ1) is 11.7. The van der Waals surface area contributed by atoms with E-state index in [-0.39, 0.29) is 18.4 Å². The quantitative estimate of drug-likeness (QED) is 0.864. The van der Waals surface area contributed by atoms with Gasteiger partial charge in [-0.15, -0.1) is 0 Å². The number of aryl methyl sites for hydroxylation is 2. The maximum Gasteiger partial charge on any atom is 0.227 e. The van der Waals surface area contributed by atoms with Crippen molar-refractivity contribution in [3.05, 3.63) is 29.3 Å². The minimum Gasteiger partial charge on any atom is -0.396 e. The smallest absolute Gasteiger partial charge is 0.227 e. The van der Waals surface area contributed by atoms with Crippen LogP contribution in [0.3, 0.4) is 0 Å². The highest BCUT2D eigenvalue weighted by Crippen LogP contribution is 2.29. The van der Waals surface area contributed by atoms with Gasteiger partial charge in [0.1, 0.15) is 0 Å². The molecule has 0 bridgehead atoms. The second-order valence-corrected chi connectivity index (χ2v) is 5.42. The van der Waals surface area contributed by atoms with Crippen molar-refractivity contribution in [2.24, 2.45) is 5.92 Å². The van der Waals surface area contributed by atoms with Crippen LogP contribution in [0.5, 0.6) is 0 Å². The summed E-state index contributed by atoms with van der Waals surface area (Å²) in [5, 5.41) is 9.16. The molecule has 1 N–H and O–H groups in total. The molecule has 1 aliphatic heterocycles. The fraction of sp³-hybridized carbons (Fsp3) is 0.533. The third-order valence-corrected chi connectivity index (χ3v) is 4.11. The molecule has 3 heteroatoms. The first-order valence-corrected chi connectivity index (χ1v) is 6.81. The molecular formula is C15H19NO2. The molecule has 0 spiro atoms. The Labute approximate surface area is 107 Å². The van der Waals surface area contributed by atoms with Crippen LogP contribution in [0.15, 0.2) is 18.2 Å². The summed E-state index contributed by atoms with van der Waals surface area (Å²) >= 11 is 0. The topological polar surface area (TPSA) is 40.5 Å². The zero-order valence-corrected chi connectivity index (χ0v) is 10.6. The van der Waals surface area contributed by atoms with E-state index in [1.165, 1.54) is 30.4 Å². The van der Waals surface area contributed by atoms with Crippen LogP contribution in [0.2, 0.25) is 0 Å². The molecule has 1 heterocycles. The number of carbonyl (C=O) groups is 1. The molecule has 1 atom stereocenters. The highest BCUT2D eigenvalue weighted by atomic mass is 16.3. The maximum atomic E-state index is 11.9. The molecule has 3 nitrogen and oxygen atoms in total. The van der Waals surface area contributed by atoms with Gasteiger partial charge in [0.2, 0.25) is 5.91 Å². The van der Waals surface area contributed by atoms with E-state index < -0.39 is 0 Å². The molecule has 18 heavy (non-hydrogen) atoms. The van der Waals surface area contributed by atoms with E-state index in [4.69, 9.17) is 5.11 Å². The van der Waals surface area contributed by atoms with Crippen molar-refractivity contribution in [1.82, 2.24) is 0 Å². The van der Waals surface area contributed by atoms with Gasteiger partial charge in [-0.05, 0) is 48.9 Å². The molecule has 0 aromatic heterocycles. The molecular weight excluding hydrogens is 226 g/mol. The van der Waals surface area contributed by atoms with Gasteiger partial charge >= 0.3 is 0 Å².